The Labute approximate surface area is 347 Å². The highest BCUT2D eigenvalue weighted by Gasteiger charge is 2.37. The Balaban J connectivity index is 0.000000148. The van der Waals surface area contributed by atoms with Crippen LogP contribution in [0.5, 0.6) is 0 Å². The predicted molar refractivity (Wildman–Crippen MR) is 229 cm³/mol. The Hall–Kier alpha value is -4.38. The number of carbonyl (C=O) groups excluding carboxylic acids is 2. The van der Waals surface area contributed by atoms with E-state index in [-0.39, 0.29) is 11.8 Å². The van der Waals surface area contributed by atoms with Gasteiger partial charge in [-0.3, -0.25) is 19.4 Å². The highest BCUT2D eigenvalue weighted by Crippen LogP contribution is 2.35. The highest BCUT2D eigenvalue weighted by molar-refractivity contribution is 6.38. The third kappa shape index (κ3) is 7.93. The van der Waals surface area contributed by atoms with E-state index < -0.39 is 0 Å². The SMILES string of the molecule is O=C(c1cccc2[nH]ccc12)N1CCN2C[C@@H](c3ccc(Cl)cc3)CC[C@@H]2C1.O=C(c1cnc2[nH]ccc2c1Cl)N1CCN2C[C@@H](c3ccc(Cl)cc3)CC[C@@H]2C1. The summed E-state index contributed by atoms with van der Waals surface area (Å²) in [6, 6.07) is 27.1. The molecule has 0 spiro atoms. The number of H-pyrrole nitrogens is 2. The van der Waals surface area contributed by atoms with Gasteiger partial charge in [-0.2, -0.15) is 0 Å². The van der Waals surface area contributed by atoms with Gasteiger partial charge in [-0.1, -0.05) is 65.1 Å². The van der Waals surface area contributed by atoms with E-state index in [1.165, 1.54) is 11.1 Å². The Morgan fingerprint density at radius 3 is 1.72 bits per heavy atom. The van der Waals surface area contributed by atoms with Crippen LogP contribution in [0, 0.1) is 0 Å². The molecule has 0 radical (unpaired) electrons. The summed E-state index contributed by atoms with van der Waals surface area (Å²) in [6.45, 7) is 7.02. The fourth-order valence-electron chi connectivity index (χ4n) is 9.47. The molecule has 6 aromatic rings. The first-order valence-electron chi connectivity index (χ1n) is 20.0. The van der Waals surface area contributed by atoms with E-state index in [4.69, 9.17) is 34.8 Å². The second-order valence-corrected chi connectivity index (χ2v) is 17.2. The van der Waals surface area contributed by atoms with Crippen LogP contribution in [0.25, 0.3) is 21.9 Å². The molecule has 3 aromatic heterocycles. The molecule has 7 heterocycles. The lowest BCUT2D eigenvalue weighted by Gasteiger charge is -2.46. The molecule has 2 N–H and O–H groups in total. The molecule has 0 aliphatic carbocycles. The number of aromatic nitrogens is 3. The van der Waals surface area contributed by atoms with Crippen LogP contribution in [0.1, 0.15) is 69.4 Å². The first kappa shape index (κ1) is 38.2. The molecule has 10 rings (SSSR count). The molecule has 4 fully saturated rings. The molecule has 0 unspecified atom stereocenters. The summed E-state index contributed by atoms with van der Waals surface area (Å²) in [5.74, 6) is 1.22. The van der Waals surface area contributed by atoms with Crippen LogP contribution in [0.4, 0.5) is 0 Å². The number of carbonyl (C=O) groups is 2. The maximum atomic E-state index is 13.2. The van der Waals surface area contributed by atoms with Gasteiger partial charge in [-0.15, -0.1) is 0 Å². The van der Waals surface area contributed by atoms with Crippen molar-refractivity contribution in [2.24, 2.45) is 0 Å². The van der Waals surface area contributed by atoms with E-state index in [1.807, 2.05) is 70.6 Å². The summed E-state index contributed by atoms with van der Waals surface area (Å²) in [5.41, 5.74) is 5.75. The number of pyridine rings is 1. The zero-order valence-corrected chi connectivity index (χ0v) is 34.0. The predicted octanol–water partition coefficient (Wildman–Crippen LogP) is 9.10. The fourth-order valence-corrected chi connectivity index (χ4v) is 10.0. The number of rotatable bonds is 4. The van der Waals surface area contributed by atoms with Crippen LogP contribution < -0.4 is 0 Å². The number of hydrogen-bond acceptors (Lipinski definition) is 5. The van der Waals surface area contributed by atoms with Gasteiger partial charge in [0.2, 0.25) is 0 Å². The summed E-state index contributed by atoms with van der Waals surface area (Å²) in [6.07, 6.45) is 9.78. The molecular formula is C45H46Cl3N7O2. The molecule has 0 saturated carbocycles. The molecule has 294 valence electrons. The van der Waals surface area contributed by atoms with E-state index in [2.05, 4.69) is 49.0 Å². The molecule has 57 heavy (non-hydrogen) atoms. The zero-order chi connectivity index (χ0) is 39.0. The monoisotopic (exact) mass is 821 g/mol. The molecule has 9 nitrogen and oxygen atoms in total. The molecule has 12 heteroatoms. The molecular weight excluding hydrogens is 777 g/mol. The summed E-state index contributed by atoms with van der Waals surface area (Å²) in [4.78, 5) is 46.0. The molecule has 4 atom stereocenters. The maximum absolute atomic E-state index is 13.2. The Bertz CT molecular complexity index is 2380. The van der Waals surface area contributed by atoms with Gasteiger partial charge in [0.15, 0.2) is 0 Å². The lowest BCUT2D eigenvalue weighted by molar-refractivity contribution is 0.0327. The van der Waals surface area contributed by atoms with Crippen molar-refractivity contribution in [1.29, 1.82) is 0 Å². The van der Waals surface area contributed by atoms with Gasteiger partial charge >= 0.3 is 0 Å². The van der Waals surface area contributed by atoms with Gasteiger partial charge < -0.3 is 19.8 Å². The van der Waals surface area contributed by atoms with Crippen molar-refractivity contribution < 1.29 is 9.59 Å². The number of piperidine rings is 2. The van der Waals surface area contributed by atoms with E-state index in [9.17, 15) is 9.59 Å². The molecule has 4 aliphatic heterocycles. The topological polar surface area (TPSA) is 91.6 Å². The second-order valence-electron chi connectivity index (χ2n) is 15.9. The van der Waals surface area contributed by atoms with Gasteiger partial charge in [-0.05, 0) is 97.2 Å². The van der Waals surface area contributed by atoms with Crippen molar-refractivity contribution in [2.45, 2.75) is 49.6 Å². The molecule has 0 bridgehead atoms. The lowest BCUT2D eigenvalue weighted by Crippen LogP contribution is -2.57. The van der Waals surface area contributed by atoms with Crippen molar-refractivity contribution >= 4 is 68.6 Å². The van der Waals surface area contributed by atoms with Gasteiger partial charge in [0.1, 0.15) is 5.65 Å². The standard InChI is InChI=1S/C23H24ClN3O.C22H22Cl2N4O/c24-18-7-4-16(5-8-18)17-6-9-19-15-27(13-12-26(19)14-17)23(28)21-2-1-3-22-20(21)10-11-25-22;23-16-4-1-14(2-5-16)15-3-6-17-13-28(10-9-27(17)12-15)22(29)19-11-26-21-18(20(19)24)7-8-25-21/h1-5,7-8,10-11,17,19,25H,6,9,12-15H2;1-2,4-5,7-8,11,15,17H,3,6,9-10,12-13H2,(H,25,26)/t17-,19+;15-,17+/m00/s1. The Morgan fingerprint density at radius 1 is 0.579 bits per heavy atom. The van der Waals surface area contributed by atoms with Crippen LogP contribution >= 0.6 is 34.8 Å². The van der Waals surface area contributed by atoms with Crippen molar-refractivity contribution in [1.82, 2.24) is 34.6 Å². The first-order valence-corrected chi connectivity index (χ1v) is 21.2. The number of nitrogens with zero attached hydrogens (tertiary/aromatic N) is 5. The van der Waals surface area contributed by atoms with Crippen molar-refractivity contribution in [3.8, 4) is 0 Å². The van der Waals surface area contributed by atoms with Crippen molar-refractivity contribution in [3.05, 3.63) is 135 Å². The summed E-state index contributed by atoms with van der Waals surface area (Å²) >= 11 is 18.6. The summed E-state index contributed by atoms with van der Waals surface area (Å²) in [5, 5.41) is 3.86. The Kier molecular flexibility index (Phi) is 11.0. The average Bonchev–Trinajstić information content (AvgIpc) is 3.94. The van der Waals surface area contributed by atoms with Crippen LogP contribution in [-0.2, 0) is 0 Å². The number of benzene rings is 3. The quantitative estimate of drug-likeness (QED) is 0.185. The number of hydrogen-bond donors (Lipinski definition) is 2. The molecule has 2 amide bonds. The van der Waals surface area contributed by atoms with Crippen LogP contribution in [0.2, 0.25) is 15.1 Å². The minimum atomic E-state index is -0.0231. The smallest absolute Gasteiger partial charge is 0.257 e. The molecule has 4 aliphatic rings. The summed E-state index contributed by atoms with van der Waals surface area (Å²) in [7, 11) is 0. The normalized spacial score (nSPS) is 22.8. The van der Waals surface area contributed by atoms with E-state index in [0.29, 0.717) is 46.7 Å². The Morgan fingerprint density at radius 2 is 1.12 bits per heavy atom. The largest absolute Gasteiger partial charge is 0.361 e. The minimum Gasteiger partial charge on any atom is -0.361 e. The number of piperazine rings is 2. The van der Waals surface area contributed by atoms with Gasteiger partial charge in [-0.25, -0.2) is 4.98 Å². The maximum Gasteiger partial charge on any atom is 0.257 e. The highest BCUT2D eigenvalue weighted by atomic mass is 35.5. The third-order valence-corrected chi connectivity index (χ3v) is 13.6. The fraction of sp³-hybridized carbons (Fsp3) is 0.356. The number of aromatic amines is 2. The van der Waals surface area contributed by atoms with Crippen molar-refractivity contribution in [3.63, 3.8) is 0 Å². The number of nitrogens with one attached hydrogen (secondary N) is 2. The lowest BCUT2D eigenvalue weighted by atomic mass is 9.86. The van der Waals surface area contributed by atoms with Crippen molar-refractivity contribution in [2.75, 3.05) is 52.4 Å². The minimum absolute atomic E-state index is 0.0231. The van der Waals surface area contributed by atoms with Gasteiger partial charge in [0, 0.05) is 115 Å². The average molecular weight is 823 g/mol. The van der Waals surface area contributed by atoms with E-state index in [0.717, 1.165) is 103 Å². The van der Waals surface area contributed by atoms with Gasteiger partial charge in [0.05, 0.1) is 10.6 Å². The van der Waals surface area contributed by atoms with Crippen LogP contribution in [0.3, 0.4) is 0 Å². The first-order chi connectivity index (χ1) is 27.8. The zero-order valence-electron chi connectivity index (χ0n) is 31.7. The van der Waals surface area contributed by atoms with Gasteiger partial charge in [0.25, 0.3) is 11.8 Å². The molecule has 4 saturated heterocycles. The molecule has 3 aromatic carbocycles. The number of halogens is 3. The summed E-state index contributed by atoms with van der Waals surface area (Å²) < 4.78 is 0. The number of fused-ring (bicyclic) bond motifs is 4. The number of amides is 2. The van der Waals surface area contributed by atoms with E-state index >= 15 is 0 Å². The van der Waals surface area contributed by atoms with Crippen LogP contribution in [0.15, 0.2) is 97.5 Å². The third-order valence-electron chi connectivity index (χ3n) is 12.6. The second kappa shape index (κ2) is 16.5. The van der Waals surface area contributed by atoms with Crippen LogP contribution in [-0.4, -0.2) is 111 Å². The van der Waals surface area contributed by atoms with E-state index in [1.54, 1.807) is 12.4 Å².